The van der Waals surface area contributed by atoms with Gasteiger partial charge in [-0.3, -0.25) is 14.4 Å². The summed E-state index contributed by atoms with van der Waals surface area (Å²) >= 11 is 0. The molecule has 0 amide bonds. The van der Waals surface area contributed by atoms with Gasteiger partial charge < -0.3 is 9.84 Å². The first kappa shape index (κ1) is 25.9. The number of allylic oxidation sites excluding steroid dienone is 4. The monoisotopic (exact) mass is 440 g/mol. The first-order valence-corrected chi connectivity index (χ1v) is 11.7. The molecule has 0 radical (unpaired) electrons. The standard InChI is InChI=1S/C27H36O5/c1-4-6-25(29)24(26(30)15-16-28)17-19(3)27(31)23-13-11-22(12-14-23)21-9-7-20(8-10-21)18-32-5-2/h7-11,13-14,19,22,24,28H,4-6,12,15-18H2,1-3H3. The van der Waals surface area contributed by atoms with Crippen LogP contribution in [0.2, 0.25) is 0 Å². The van der Waals surface area contributed by atoms with Crippen molar-refractivity contribution in [1.82, 2.24) is 0 Å². The molecule has 3 unspecified atom stereocenters. The number of aliphatic hydroxyl groups excluding tert-OH is 1. The van der Waals surface area contributed by atoms with Crippen molar-refractivity contribution >= 4 is 17.3 Å². The molecular formula is C27H36O5. The number of ketones is 3. The molecule has 0 bridgehead atoms. The fourth-order valence-corrected chi connectivity index (χ4v) is 4.02. The molecule has 5 heteroatoms. The Hall–Kier alpha value is -2.37. The lowest BCUT2D eigenvalue weighted by Gasteiger charge is -2.21. The first-order valence-electron chi connectivity index (χ1n) is 11.7. The van der Waals surface area contributed by atoms with Gasteiger partial charge in [-0.25, -0.2) is 0 Å². The quantitative estimate of drug-likeness (QED) is 0.423. The molecule has 0 spiro atoms. The highest BCUT2D eigenvalue weighted by Crippen LogP contribution is 2.29. The van der Waals surface area contributed by atoms with Crippen LogP contribution in [-0.4, -0.2) is 35.7 Å². The fourth-order valence-electron chi connectivity index (χ4n) is 4.02. The van der Waals surface area contributed by atoms with Gasteiger partial charge in [-0.15, -0.1) is 0 Å². The zero-order chi connectivity index (χ0) is 23.5. The van der Waals surface area contributed by atoms with Crippen LogP contribution in [0.1, 0.15) is 69.9 Å². The molecule has 32 heavy (non-hydrogen) atoms. The molecule has 0 heterocycles. The van der Waals surface area contributed by atoms with Crippen LogP contribution in [0.3, 0.4) is 0 Å². The van der Waals surface area contributed by atoms with Crippen LogP contribution in [0.25, 0.3) is 0 Å². The van der Waals surface area contributed by atoms with Gasteiger partial charge in [0, 0.05) is 43.5 Å². The molecule has 174 valence electrons. The Bertz CT molecular complexity index is 816. The molecule has 0 aromatic heterocycles. The molecule has 1 aromatic carbocycles. The number of Topliss-reactive ketones (excluding diaryl/α,β-unsaturated/α-hetero) is 3. The number of aliphatic hydroxyl groups is 1. The van der Waals surface area contributed by atoms with Gasteiger partial charge in [0.15, 0.2) is 5.78 Å². The number of benzene rings is 1. The summed E-state index contributed by atoms with van der Waals surface area (Å²) in [5.74, 6) is -1.48. The SMILES string of the molecule is CCCC(=O)C(CC(C)C(=O)C1=CCC(c2ccc(COCC)cc2)C=C1)C(=O)CCO. The van der Waals surface area contributed by atoms with Gasteiger partial charge in [0.25, 0.3) is 0 Å². The van der Waals surface area contributed by atoms with Gasteiger partial charge in [-0.2, -0.15) is 0 Å². The Balaban J connectivity index is 1.99. The molecule has 0 aliphatic heterocycles. The van der Waals surface area contributed by atoms with E-state index in [-0.39, 0.29) is 42.7 Å². The Kier molecular flexibility index (Phi) is 10.7. The van der Waals surface area contributed by atoms with Crippen molar-refractivity contribution in [2.75, 3.05) is 13.2 Å². The fraction of sp³-hybridized carbons (Fsp3) is 0.519. The summed E-state index contributed by atoms with van der Waals surface area (Å²) in [7, 11) is 0. The smallest absolute Gasteiger partial charge is 0.165 e. The van der Waals surface area contributed by atoms with Gasteiger partial charge in [-0.1, -0.05) is 56.3 Å². The minimum absolute atomic E-state index is 0.0436. The summed E-state index contributed by atoms with van der Waals surface area (Å²) in [5.41, 5.74) is 2.97. The van der Waals surface area contributed by atoms with Gasteiger partial charge in [0.1, 0.15) is 11.6 Å². The number of carbonyl (C=O) groups is 3. The molecule has 0 fully saturated rings. The highest BCUT2D eigenvalue weighted by atomic mass is 16.5. The van der Waals surface area contributed by atoms with Crippen molar-refractivity contribution in [2.24, 2.45) is 11.8 Å². The van der Waals surface area contributed by atoms with Crippen molar-refractivity contribution < 1.29 is 24.2 Å². The topological polar surface area (TPSA) is 80.7 Å². The highest BCUT2D eigenvalue weighted by Gasteiger charge is 2.30. The van der Waals surface area contributed by atoms with E-state index in [2.05, 4.69) is 24.3 Å². The molecular weight excluding hydrogens is 404 g/mol. The molecule has 1 N–H and O–H groups in total. The van der Waals surface area contributed by atoms with Gasteiger partial charge in [-0.05, 0) is 37.3 Å². The summed E-state index contributed by atoms with van der Waals surface area (Å²) in [6, 6.07) is 8.34. The lowest BCUT2D eigenvalue weighted by atomic mass is 9.81. The van der Waals surface area contributed by atoms with Crippen molar-refractivity contribution in [2.45, 2.75) is 65.4 Å². The van der Waals surface area contributed by atoms with E-state index in [0.717, 1.165) is 12.0 Å². The Labute approximate surface area is 191 Å². The molecule has 0 saturated heterocycles. The minimum atomic E-state index is -0.808. The van der Waals surface area contributed by atoms with E-state index in [1.807, 2.05) is 32.1 Å². The van der Waals surface area contributed by atoms with Gasteiger partial charge >= 0.3 is 0 Å². The van der Waals surface area contributed by atoms with E-state index in [9.17, 15) is 14.4 Å². The van der Waals surface area contributed by atoms with E-state index >= 15 is 0 Å². The van der Waals surface area contributed by atoms with Crippen molar-refractivity contribution in [3.05, 3.63) is 59.2 Å². The number of carbonyl (C=O) groups excluding carboxylic acids is 3. The average Bonchev–Trinajstić information content (AvgIpc) is 2.81. The zero-order valence-electron chi connectivity index (χ0n) is 19.5. The van der Waals surface area contributed by atoms with E-state index in [1.165, 1.54) is 5.56 Å². The molecule has 5 nitrogen and oxygen atoms in total. The van der Waals surface area contributed by atoms with Crippen LogP contribution in [-0.2, 0) is 25.7 Å². The normalized spacial score (nSPS) is 17.5. The largest absolute Gasteiger partial charge is 0.396 e. The maximum atomic E-state index is 13.0. The summed E-state index contributed by atoms with van der Waals surface area (Å²) in [6.07, 6.45) is 7.73. The number of ether oxygens (including phenoxy) is 1. The van der Waals surface area contributed by atoms with Crippen LogP contribution in [0.4, 0.5) is 0 Å². The Morgan fingerprint density at radius 1 is 1.09 bits per heavy atom. The van der Waals surface area contributed by atoms with Crippen molar-refractivity contribution in [3.63, 3.8) is 0 Å². The second kappa shape index (κ2) is 13.2. The molecule has 0 saturated carbocycles. The second-order valence-corrected chi connectivity index (χ2v) is 8.45. The molecule has 2 rings (SSSR count). The first-order chi connectivity index (χ1) is 15.4. The lowest BCUT2D eigenvalue weighted by molar-refractivity contribution is -0.134. The summed E-state index contributed by atoms with van der Waals surface area (Å²) in [4.78, 5) is 37.8. The maximum Gasteiger partial charge on any atom is 0.165 e. The van der Waals surface area contributed by atoms with Gasteiger partial charge in [0.2, 0.25) is 0 Å². The second-order valence-electron chi connectivity index (χ2n) is 8.45. The number of rotatable bonds is 14. The van der Waals surface area contributed by atoms with Gasteiger partial charge in [0.05, 0.1) is 12.5 Å². The Morgan fingerprint density at radius 3 is 2.34 bits per heavy atom. The predicted octanol–water partition coefficient (Wildman–Crippen LogP) is 4.73. The van der Waals surface area contributed by atoms with Crippen LogP contribution >= 0.6 is 0 Å². The molecule has 3 atom stereocenters. The van der Waals surface area contributed by atoms with Crippen molar-refractivity contribution in [1.29, 1.82) is 0 Å². The van der Waals surface area contributed by atoms with E-state index < -0.39 is 11.8 Å². The predicted molar refractivity (Wildman–Crippen MR) is 125 cm³/mol. The van der Waals surface area contributed by atoms with Crippen LogP contribution in [0, 0.1) is 11.8 Å². The minimum Gasteiger partial charge on any atom is -0.396 e. The summed E-state index contributed by atoms with van der Waals surface area (Å²) in [6.45, 7) is 6.66. The van der Waals surface area contributed by atoms with Crippen LogP contribution in [0.5, 0.6) is 0 Å². The number of hydrogen-bond acceptors (Lipinski definition) is 5. The average molecular weight is 441 g/mol. The van der Waals surface area contributed by atoms with E-state index in [1.54, 1.807) is 6.92 Å². The highest BCUT2D eigenvalue weighted by molar-refractivity contribution is 6.04. The molecule has 1 aliphatic rings. The lowest BCUT2D eigenvalue weighted by Crippen LogP contribution is -2.29. The van der Waals surface area contributed by atoms with Crippen LogP contribution < -0.4 is 0 Å². The Morgan fingerprint density at radius 2 is 1.78 bits per heavy atom. The van der Waals surface area contributed by atoms with Crippen molar-refractivity contribution in [3.8, 4) is 0 Å². The summed E-state index contributed by atoms with van der Waals surface area (Å²) < 4.78 is 5.44. The maximum absolute atomic E-state index is 13.0. The third kappa shape index (κ3) is 7.35. The zero-order valence-corrected chi connectivity index (χ0v) is 19.5. The number of hydrogen-bond donors (Lipinski definition) is 1. The molecule has 1 aromatic rings. The summed E-state index contributed by atoms with van der Waals surface area (Å²) in [5, 5.41) is 9.09. The third-order valence-corrected chi connectivity index (χ3v) is 5.93. The molecule has 1 aliphatic carbocycles. The third-order valence-electron chi connectivity index (χ3n) is 5.93. The van der Waals surface area contributed by atoms with E-state index in [0.29, 0.717) is 31.6 Å². The van der Waals surface area contributed by atoms with Crippen LogP contribution in [0.15, 0.2) is 48.1 Å². The van der Waals surface area contributed by atoms with E-state index in [4.69, 9.17) is 9.84 Å².